The summed E-state index contributed by atoms with van der Waals surface area (Å²) < 4.78 is 70.9. The van der Waals surface area contributed by atoms with E-state index in [9.17, 15) is 31.5 Å². The highest BCUT2D eigenvalue weighted by Gasteiger charge is 2.30. The SMILES string of the molecule is O=C(COC(=O)c1ccc(C(F)(F)F)cc1)Nc1ccccc1OC(F)F. The monoisotopic (exact) mass is 389 g/mol. The smallest absolute Gasteiger partial charge is 0.416 e. The summed E-state index contributed by atoms with van der Waals surface area (Å²) in [6.45, 7) is -3.87. The van der Waals surface area contributed by atoms with Gasteiger partial charge in [0.25, 0.3) is 5.91 Å². The van der Waals surface area contributed by atoms with E-state index in [1.165, 1.54) is 24.3 Å². The zero-order valence-corrected chi connectivity index (χ0v) is 13.4. The molecule has 0 saturated carbocycles. The van der Waals surface area contributed by atoms with Crippen LogP contribution in [0.15, 0.2) is 48.5 Å². The lowest BCUT2D eigenvalue weighted by Gasteiger charge is -2.12. The largest absolute Gasteiger partial charge is 0.452 e. The number of rotatable bonds is 6. The molecule has 0 unspecified atom stereocenters. The van der Waals surface area contributed by atoms with E-state index in [1.54, 1.807) is 0 Å². The highest BCUT2D eigenvalue weighted by molar-refractivity contribution is 5.96. The van der Waals surface area contributed by atoms with E-state index in [1.807, 2.05) is 0 Å². The van der Waals surface area contributed by atoms with Crippen LogP contribution in [0.5, 0.6) is 5.75 Å². The standard InChI is InChI=1S/C17H12F5NO4/c18-16(19)27-13-4-2-1-3-12(13)23-14(24)9-26-15(25)10-5-7-11(8-6-10)17(20,21)22/h1-8,16H,9H2,(H,23,24). The van der Waals surface area contributed by atoms with Gasteiger partial charge >= 0.3 is 18.8 Å². The predicted octanol–water partition coefficient (Wildman–Crippen LogP) is 4.10. The minimum absolute atomic E-state index is 0.0617. The first kappa shape index (κ1) is 20.1. The van der Waals surface area contributed by atoms with Crippen LogP contribution >= 0.6 is 0 Å². The fourth-order valence-corrected chi connectivity index (χ4v) is 1.96. The maximum absolute atomic E-state index is 12.5. The summed E-state index contributed by atoms with van der Waals surface area (Å²) >= 11 is 0. The molecule has 0 fully saturated rings. The maximum Gasteiger partial charge on any atom is 0.416 e. The minimum atomic E-state index is -4.55. The summed E-state index contributed by atoms with van der Waals surface area (Å²) in [5.41, 5.74) is -1.18. The number of hydrogen-bond donors (Lipinski definition) is 1. The van der Waals surface area contributed by atoms with Crippen molar-refractivity contribution in [2.75, 3.05) is 11.9 Å². The van der Waals surface area contributed by atoms with E-state index in [0.717, 1.165) is 12.1 Å². The highest BCUT2D eigenvalue weighted by atomic mass is 19.4. The number of hydrogen-bond acceptors (Lipinski definition) is 4. The molecule has 2 aromatic rings. The minimum Gasteiger partial charge on any atom is -0.452 e. The van der Waals surface area contributed by atoms with Gasteiger partial charge in [0, 0.05) is 0 Å². The first-order valence-corrected chi connectivity index (χ1v) is 7.35. The number of ether oxygens (including phenoxy) is 2. The van der Waals surface area contributed by atoms with E-state index in [-0.39, 0.29) is 17.0 Å². The molecule has 0 aliphatic heterocycles. The van der Waals surface area contributed by atoms with Gasteiger partial charge in [0.05, 0.1) is 16.8 Å². The van der Waals surface area contributed by atoms with Crippen molar-refractivity contribution in [2.45, 2.75) is 12.8 Å². The molecule has 0 aliphatic carbocycles. The Kier molecular flexibility index (Phi) is 6.32. The van der Waals surface area contributed by atoms with Crippen LogP contribution in [0.3, 0.4) is 0 Å². The Morgan fingerprint density at radius 1 is 1.00 bits per heavy atom. The molecule has 0 aromatic heterocycles. The number of nitrogens with one attached hydrogen (secondary N) is 1. The van der Waals surface area contributed by atoms with Gasteiger partial charge in [0.15, 0.2) is 6.61 Å². The molecule has 0 saturated heterocycles. The van der Waals surface area contributed by atoms with E-state index in [2.05, 4.69) is 14.8 Å². The third kappa shape index (κ3) is 5.94. The lowest BCUT2D eigenvalue weighted by atomic mass is 10.1. The molecule has 2 rings (SSSR count). The van der Waals surface area contributed by atoms with Gasteiger partial charge in [0.2, 0.25) is 0 Å². The van der Waals surface area contributed by atoms with Gasteiger partial charge in [-0.2, -0.15) is 22.0 Å². The van der Waals surface area contributed by atoms with Gasteiger partial charge in [0.1, 0.15) is 5.75 Å². The molecule has 2 aromatic carbocycles. The van der Waals surface area contributed by atoms with Crippen LogP contribution < -0.4 is 10.1 Å². The van der Waals surface area contributed by atoms with Crippen LogP contribution in [0.1, 0.15) is 15.9 Å². The zero-order valence-electron chi connectivity index (χ0n) is 13.4. The molecular weight excluding hydrogens is 377 g/mol. The molecule has 0 radical (unpaired) electrons. The topological polar surface area (TPSA) is 64.6 Å². The Labute approximate surface area is 149 Å². The molecule has 27 heavy (non-hydrogen) atoms. The van der Waals surface area contributed by atoms with Crippen LogP contribution in [0.2, 0.25) is 0 Å². The summed E-state index contributed by atoms with van der Waals surface area (Å²) in [6, 6.07) is 8.61. The third-order valence-electron chi connectivity index (χ3n) is 3.16. The second-order valence-electron chi connectivity index (χ2n) is 5.07. The quantitative estimate of drug-likeness (QED) is 0.597. The maximum atomic E-state index is 12.5. The molecule has 0 aliphatic rings. The van der Waals surface area contributed by atoms with Gasteiger partial charge in [-0.15, -0.1) is 0 Å². The summed E-state index contributed by atoms with van der Waals surface area (Å²) in [4.78, 5) is 23.6. The van der Waals surface area contributed by atoms with Crippen molar-refractivity contribution in [3.05, 3.63) is 59.7 Å². The summed E-state index contributed by atoms with van der Waals surface area (Å²) in [5.74, 6) is -2.15. The van der Waals surface area contributed by atoms with Crippen molar-refractivity contribution in [2.24, 2.45) is 0 Å². The Bertz CT molecular complexity index is 806. The summed E-state index contributed by atoms with van der Waals surface area (Å²) in [7, 11) is 0. The number of amides is 1. The van der Waals surface area contributed by atoms with Crippen molar-refractivity contribution in [3.8, 4) is 5.75 Å². The second-order valence-corrected chi connectivity index (χ2v) is 5.07. The van der Waals surface area contributed by atoms with Gasteiger partial charge in [-0.25, -0.2) is 4.79 Å². The Morgan fingerprint density at radius 2 is 1.63 bits per heavy atom. The van der Waals surface area contributed by atoms with Gasteiger partial charge < -0.3 is 14.8 Å². The summed E-state index contributed by atoms with van der Waals surface area (Å²) in [5, 5.41) is 2.23. The van der Waals surface area contributed by atoms with Crippen LogP contribution in [-0.4, -0.2) is 25.1 Å². The molecule has 144 valence electrons. The van der Waals surface area contributed by atoms with Crippen LogP contribution in [0.25, 0.3) is 0 Å². The van der Waals surface area contributed by atoms with E-state index in [4.69, 9.17) is 0 Å². The number of halogens is 5. The van der Waals surface area contributed by atoms with E-state index < -0.39 is 36.8 Å². The number of esters is 1. The van der Waals surface area contributed by atoms with Gasteiger partial charge in [-0.1, -0.05) is 12.1 Å². The number of carbonyl (C=O) groups excluding carboxylic acids is 2. The lowest BCUT2D eigenvalue weighted by molar-refractivity contribution is -0.137. The first-order chi connectivity index (χ1) is 12.7. The number of anilines is 1. The summed E-state index contributed by atoms with van der Waals surface area (Å²) in [6.07, 6.45) is -4.55. The molecule has 10 heteroatoms. The number of para-hydroxylation sites is 2. The van der Waals surface area contributed by atoms with Crippen molar-refractivity contribution in [1.82, 2.24) is 0 Å². The van der Waals surface area contributed by atoms with E-state index in [0.29, 0.717) is 12.1 Å². The fourth-order valence-electron chi connectivity index (χ4n) is 1.96. The molecule has 1 N–H and O–H groups in total. The first-order valence-electron chi connectivity index (χ1n) is 7.35. The molecule has 1 amide bonds. The predicted molar refractivity (Wildman–Crippen MR) is 83.4 cm³/mol. The van der Waals surface area contributed by atoms with Crippen molar-refractivity contribution in [1.29, 1.82) is 0 Å². The lowest BCUT2D eigenvalue weighted by Crippen LogP contribution is -2.21. The van der Waals surface area contributed by atoms with Crippen molar-refractivity contribution < 1.29 is 41.0 Å². The fraction of sp³-hybridized carbons (Fsp3) is 0.176. The third-order valence-corrected chi connectivity index (χ3v) is 3.16. The average molecular weight is 389 g/mol. The van der Waals surface area contributed by atoms with Crippen molar-refractivity contribution >= 4 is 17.6 Å². The van der Waals surface area contributed by atoms with Crippen molar-refractivity contribution in [3.63, 3.8) is 0 Å². The molecule has 0 spiro atoms. The number of benzene rings is 2. The molecule has 5 nitrogen and oxygen atoms in total. The van der Waals surface area contributed by atoms with Crippen LogP contribution in [0.4, 0.5) is 27.6 Å². The van der Waals surface area contributed by atoms with E-state index >= 15 is 0 Å². The Hall–Kier alpha value is -3.17. The Morgan fingerprint density at radius 3 is 2.22 bits per heavy atom. The van der Waals surface area contributed by atoms with Gasteiger partial charge in [-0.3, -0.25) is 4.79 Å². The average Bonchev–Trinajstić information content (AvgIpc) is 2.60. The number of carbonyl (C=O) groups is 2. The van der Waals surface area contributed by atoms with Crippen LogP contribution in [0, 0.1) is 0 Å². The van der Waals surface area contributed by atoms with Gasteiger partial charge in [-0.05, 0) is 36.4 Å². The second kappa shape index (κ2) is 8.47. The normalized spacial score (nSPS) is 11.2. The van der Waals surface area contributed by atoms with Crippen LogP contribution in [-0.2, 0) is 15.7 Å². The zero-order chi connectivity index (χ0) is 20.0. The molecule has 0 heterocycles. The molecule has 0 atom stereocenters. The highest BCUT2D eigenvalue weighted by Crippen LogP contribution is 2.29. The Balaban J connectivity index is 1.93. The molecule has 0 bridgehead atoms. The number of alkyl halides is 5. The molecular formula is C17H12F5NO4.